The van der Waals surface area contributed by atoms with Crippen LogP contribution in [0.3, 0.4) is 0 Å². The smallest absolute Gasteiger partial charge is 0.392 e. The van der Waals surface area contributed by atoms with Gasteiger partial charge >= 0.3 is 12.1 Å². The highest BCUT2D eigenvalue weighted by Crippen LogP contribution is 2.44. The minimum Gasteiger partial charge on any atom is -0.481 e. The van der Waals surface area contributed by atoms with Crippen molar-refractivity contribution >= 4 is 40.8 Å². The largest absolute Gasteiger partial charge is 0.481 e. The third-order valence-electron chi connectivity index (χ3n) is 6.97. The summed E-state index contributed by atoms with van der Waals surface area (Å²) >= 11 is 12.2. The van der Waals surface area contributed by atoms with E-state index < -0.39 is 40.7 Å². The second-order valence-corrected chi connectivity index (χ2v) is 11.0. The van der Waals surface area contributed by atoms with E-state index in [-0.39, 0.29) is 22.7 Å². The van der Waals surface area contributed by atoms with Crippen molar-refractivity contribution in [3.63, 3.8) is 0 Å². The molecule has 0 saturated heterocycles. The molecule has 1 amide bonds. The number of carboxylic acid groups (broad SMARTS) is 1. The summed E-state index contributed by atoms with van der Waals surface area (Å²) in [5.41, 5.74) is -0.315. The number of aliphatic carboxylic acids is 1. The quantitative estimate of drug-likeness (QED) is 0.381. The third kappa shape index (κ3) is 6.31. The molecule has 2 N–H and O–H groups in total. The summed E-state index contributed by atoms with van der Waals surface area (Å²) in [5, 5.41) is 13.0. The molecule has 9 heteroatoms. The Balaban J connectivity index is 2.51. The van der Waals surface area contributed by atoms with Gasteiger partial charge in [0.25, 0.3) is 0 Å². The van der Waals surface area contributed by atoms with Crippen molar-refractivity contribution in [1.29, 1.82) is 0 Å². The number of carbonyl (C=O) groups excluding carboxylic acids is 1. The number of nitrogens with one attached hydrogen (secondary N) is 1. The predicted octanol–water partition coefficient (Wildman–Crippen LogP) is 7.90. The van der Waals surface area contributed by atoms with Gasteiger partial charge in [0.15, 0.2) is 0 Å². The van der Waals surface area contributed by atoms with Crippen LogP contribution < -0.4 is 5.32 Å². The van der Waals surface area contributed by atoms with E-state index in [0.29, 0.717) is 16.1 Å². The van der Waals surface area contributed by atoms with E-state index in [0.717, 1.165) is 6.92 Å². The Kier molecular flexibility index (Phi) is 8.61. The highest BCUT2D eigenvalue weighted by molar-refractivity contribution is 6.34. The molecule has 0 radical (unpaired) electrons. The maximum absolute atomic E-state index is 13.7. The molecule has 0 aliphatic heterocycles. The van der Waals surface area contributed by atoms with Gasteiger partial charge in [0.1, 0.15) is 0 Å². The summed E-state index contributed by atoms with van der Waals surface area (Å²) in [5.74, 6) is -5.39. The maximum Gasteiger partial charge on any atom is 0.392 e. The number of benzene rings is 2. The number of hydrogen-bond acceptors (Lipinski definition) is 2. The van der Waals surface area contributed by atoms with Gasteiger partial charge in [0.2, 0.25) is 5.91 Å². The summed E-state index contributed by atoms with van der Waals surface area (Å²) in [7, 11) is 0. The van der Waals surface area contributed by atoms with Crippen LogP contribution in [0.1, 0.15) is 57.2 Å². The Hall–Kier alpha value is -2.25. The number of hydrogen-bond donors (Lipinski definition) is 2. The first-order valence-electron chi connectivity index (χ1n) is 11.0. The lowest BCUT2D eigenvalue weighted by Gasteiger charge is -2.38. The lowest BCUT2D eigenvalue weighted by atomic mass is 9.64. The first kappa shape index (κ1) is 29.0. The number of anilines is 1. The monoisotopic (exact) mass is 531 g/mol. The molecular weight excluding hydrogens is 502 g/mol. The normalized spacial score (nSPS) is 15.7. The zero-order valence-corrected chi connectivity index (χ0v) is 22.0. The molecule has 2 aromatic rings. The number of rotatable bonds is 7. The van der Waals surface area contributed by atoms with Crippen molar-refractivity contribution in [3.05, 3.63) is 63.1 Å². The first-order valence-corrected chi connectivity index (χ1v) is 11.8. The summed E-state index contributed by atoms with van der Waals surface area (Å²) in [6.45, 7) is 9.72. The first-order chi connectivity index (χ1) is 15.9. The Morgan fingerprint density at radius 3 is 2.00 bits per heavy atom. The molecule has 0 aliphatic rings. The molecule has 4 nitrogen and oxygen atoms in total. The molecule has 192 valence electrons. The number of carbonyl (C=O) groups is 2. The van der Waals surface area contributed by atoms with Crippen LogP contribution in [0.25, 0.3) is 0 Å². The number of alkyl halides is 3. The molecule has 0 aliphatic carbocycles. The van der Waals surface area contributed by atoms with Gasteiger partial charge in [-0.1, -0.05) is 69.1 Å². The van der Waals surface area contributed by atoms with Gasteiger partial charge in [0, 0.05) is 5.02 Å². The average molecular weight is 532 g/mol. The molecule has 35 heavy (non-hydrogen) atoms. The van der Waals surface area contributed by atoms with E-state index in [1.165, 1.54) is 30.3 Å². The molecule has 0 aromatic heterocycles. The van der Waals surface area contributed by atoms with Crippen molar-refractivity contribution < 1.29 is 27.9 Å². The van der Waals surface area contributed by atoms with E-state index in [4.69, 9.17) is 23.2 Å². The van der Waals surface area contributed by atoms with Gasteiger partial charge in [-0.2, -0.15) is 13.2 Å². The molecule has 0 spiro atoms. The van der Waals surface area contributed by atoms with E-state index in [2.05, 4.69) is 5.32 Å². The van der Waals surface area contributed by atoms with Gasteiger partial charge < -0.3 is 10.4 Å². The van der Waals surface area contributed by atoms with Crippen LogP contribution in [0.4, 0.5) is 18.9 Å². The Bertz CT molecular complexity index is 1090. The molecule has 0 saturated carbocycles. The Morgan fingerprint density at radius 1 is 1.00 bits per heavy atom. The van der Waals surface area contributed by atoms with Crippen molar-refractivity contribution in [2.24, 2.45) is 16.7 Å². The van der Waals surface area contributed by atoms with Crippen molar-refractivity contribution in [1.82, 2.24) is 0 Å². The fourth-order valence-electron chi connectivity index (χ4n) is 3.84. The van der Waals surface area contributed by atoms with Gasteiger partial charge in [-0.25, -0.2) is 0 Å². The predicted molar refractivity (Wildman–Crippen MR) is 133 cm³/mol. The van der Waals surface area contributed by atoms with Crippen LogP contribution in [-0.4, -0.2) is 23.2 Å². The summed E-state index contributed by atoms with van der Waals surface area (Å²) in [6.07, 6.45) is -4.49. The molecule has 0 unspecified atom stereocenters. The molecule has 2 rings (SSSR count). The van der Waals surface area contributed by atoms with E-state index >= 15 is 0 Å². The zero-order chi connectivity index (χ0) is 26.9. The Morgan fingerprint density at radius 2 is 1.54 bits per heavy atom. The van der Waals surface area contributed by atoms with Crippen LogP contribution in [-0.2, 0) is 16.0 Å². The number of amides is 1. The lowest BCUT2D eigenvalue weighted by Crippen LogP contribution is -2.42. The topological polar surface area (TPSA) is 66.4 Å². The fraction of sp³-hybridized carbons (Fsp3) is 0.462. The van der Waals surface area contributed by atoms with Crippen molar-refractivity contribution in [2.45, 2.75) is 60.1 Å². The molecule has 0 heterocycles. The second-order valence-electron chi connectivity index (χ2n) is 10.1. The summed E-state index contributed by atoms with van der Waals surface area (Å²) < 4.78 is 41.0. The van der Waals surface area contributed by atoms with E-state index in [1.807, 2.05) is 20.8 Å². The van der Waals surface area contributed by atoms with E-state index in [9.17, 15) is 27.9 Å². The molecule has 2 aromatic carbocycles. The summed E-state index contributed by atoms with van der Waals surface area (Å²) in [6, 6.07) is 8.82. The van der Waals surface area contributed by atoms with Crippen molar-refractivity contribution in [2.75, 3.05) is 5.32 Å². The van der Waals surface area contributed by atoms with Crippen LogP contribution in [0.5, 0.6) is 0 Å². The van der Waals surface area contributed by atoms with Gasteiger partial charge in [-0.15, -0.1) is 0 Å². The minimum atomic E-state index is -4.63. The highest BCUT2D eigenvalue weighted by Gasteiger charge is 2.46. The van der Waals surface area contributed by atoms with E-state index in [1.54, 1.807) is 19.9 Å². The molecule has 0 bridgehead atoms. The fourth-order valence-corrected chi connectivity index (χ4v) is 4.21. The van der Waals surface area contributed by atoms with Crippen LogP contribution in [0, 0.1) is 23.7 Å². The van der Waals surface area contributed by atoms with Crippen molar-refractivity contribution in [3.8, 4) is 0 Å². The minimum absolute atomic E-state index is 0.136. The highest BCUT2D eigenvalue weighted by atomic mass is 35.5. The summed E-state index contributed by atoms with van der Waals surface area (Å²) in [4.78, 5) is 25.4. The molecular formula is C26H30Cl2F3NO3. The zero-order valence-electron chi connectivity index (χ0n) is 20.5. The van der Waals surface area contributed by atoms with Crippen LogP contribution in [0.2, 0.25) is 10.0 Å². The maximum atomic E-state index is 13.7. The third-order valence-corrected chi connectivity index (χ3v) is 7.54. The van der Waals surface area contributed by atoms with Gasteiger partial charge in [-0.3, -0.25) is 9.59 Å². The number of carboxylic acids is 1. The SMILES string of the molecule is Cc1c(C[C@@](C)(C(=O)O)C(C)(C)C)ccc(Cl)c1NC(=O)[C@H](c1ccc(Cl)cc1)[C@@H](C)C(F)(F)F. The standard InChI is InChI=1S/C26H30Cl2F3NO3/c1-14-17(13-25(6,23(34)35)24(3,4)5)9-12-19(28)21(14)32-22(33)20(15(2)26(29,30)31)16-7-10-18(27)11-8-16/h7-12,15,20H,13H2,1-6H3,(H,32,33)(H,34,35)/t15-,20+,25+/m1/s1. The lowest BCUT2D eigenvalue weighted by molar-refractivity contribution is -0.178. The van der Waals surface area contributed by atoms with Gasteiger partial charge in [-0.05, 0) is 60.6 Å². The number of halogens is 5. The molecule has 0 fully saturated rings. The van der Waals surface area contributed by atoms with Gasteiger partial charge in [0.05, 0.1) is 28.0 Å². The molecule has 3 atom stereocenters. The Labute approximate surface area is 213 Å². The average Bonchev–Trinajstić information content (AvgIpc) is 2.73. The van der Waals surface area contributed by atoms with Crippen LogP contribution in [0.15, 0.2) is 36.4 Å². The van der Waals surface area contributed by atoms with Crippen LogP contribution >= 0.6 is 23.2 Å². The second kappa shape index (κ2) is 10.4.